The molecule has 198 valence electrons. The van der Waals surface area contributed by atoms with Crippen molar-refractivity contribution in [1.82, 2.24) is 15.3 Å². The minimum Gasteiger partial charge on any atom is -0.481 e. The van der Waals surface area contributed by atoms with E-state index in [9.17, 15) is 14.7 Å². The molecule has 39 heavy (non-hydrogen) atoms. The third-order valence-corrected chi connectivity index (χ3v) is 7.81. The second kappa shape index (κ2) is 11.5. The van der Waals surface area contributed by atoms with Gasteiger partial charge in [0.2, 0.25) is 5.91 Å². The Morgan fingerprint density at radius 3 is 2.77 bits per heavy atom. The van der Waals surface area contributed by atoms with Gasteiger partial charge in [0.15, 0.2) is 0 Å². The molecule has 0 aliphatic carbocycles. The predicted molar refractivity (Wildman–Crippen MR) is 155 cm³/mol. The Labute approximate surface area is 234 Å². The number of rotatable bonds is 5. The number of carboxylic acids is 1. The van der Waals surface area contributed by atoms with Crippen molar-refractivity contribution >= 4 is 50.6 Å². The van der Waals surface area contributed by atoms with Gasteiger partial charge >= 0.3 is 5.97 Å². The van der Waals surface area contributed by atoms with E-state index in [-0.39, 0.29) is 25.0 Å². The number of fused-ring (bicyclic) bond motifs is 1. The zero-order valence-corrected chi connectivity index (χ0v) is 23.0. The first kappa shape index (κ1) is 26.7. The number of thiazole rings is 1. The SMILES string of the molecule is Cc1cc2nc(-c3ccnc(C4=CCNC(=O)COC(C)C=C4)c3)sc2c(-c2ccc(Cl)cc2)c1CC(=O)O. The zero-order valence-electron chi connectivity index (χ0n) is 21.4. The molecule has 9 heteroatoms. The van der Waals surface area contributed by atoms with E-state index in [0.29, 0.717) is 11.6 Å². The van der Waals surface area contributed by atoms with Gasteiger partial charge in [0.25, 0.3) is 0 Å². The molecular formula is C30H26ClN3O4S. The number of aryl methyl sites for hydroxylation is 1. The van der Waals surface area contributed by atoms with Crippen LogP contribution in [0.4, 0.5) is 0 Å². The number of pyridine rings is 1. The fourth-order valence-corrected chi connectivity index (χ4v) is 5.73. The Hall–Kier alpha value is -3.85. The number of amides is 1. The number of aromatic nitrogens is 2. The molecule has 2 N–H and O–H groups in total. The van der Waals surface area contributed by atoms with Crippen molar-refractivity contribution in [2.24, 2.45) is 0 Å². The number of ether oxygens (including phenoxy) is 1. The van der Waals surface area contributed by atoms with Crippen LogP contribution >= 0.6 is 22.9 Å². The van der Waals surface area contributed by atoms with Crippen molar-refractivity contribution in [2.45, 2.75) is 26.4 Å². The van der Waals surface area contributed by atoms with E-state index in [1.165, 1.54) is 11.3 Å². The molecule has 1 amide bonds. The molecule has 0 fully saturated rings. The monoisotopic (exact) mass is 559 g/mol. The van der Waals surface area contributed by atoms with Crippen LogP contribution in [0.2, 0.25) is 5.02 Å². The van der Waals surface area contributed by atoms with Gasteiger partial charge < -0.3 is 15.2 Å². The normalized spacial score (nSPS) is 16.1. The lowest BCUT2D eigenvalue weighted by Crippen LogP contribution is -2.29. The van der Waals surface area contributed by atoms with Gasteiger partial charge in [-0.1, -0.05) is 42.0 Å². The van der Waals surface area contributed by atoms with Crippen molar-refractivity contribution in [1.29, 1.82) is 0 Å². The van der Waals surface area contributed by atoms with Crippen molar-refractivity contribution in [2.75, 3.05) is 13.2 Å². The molecule has 0 spiro atoms. The Morgan fingerprint density at radius 1 is 1.21 bits per heavy atom. The Morgan fingerprint density at radius 2 is 2.00 bits per heavy atom. The number of carbonyl (C=O) groups excluding carboxylic acids is 1. The van der Waals surface area contributed by atoms with Gasteiger partial charge in [-0.05, 0) is 66.4 Å². The van der Waals surface area contributed by atoms with E-state index < -0.39 is 5.97 Å². The maximum Gasteiger partial charge on any atom is 0.307 e. The van der Waals surface area contributed by atoms with Crippen molar-refractivity contribution in [3.63, 3.8) is 0 Å². The lowest BCUT2D eigenvalue weighted by atomic mass is 9.93. The fourth-order valence-electron chi connectivity index (χ4n) is 4.47. The molecule has 0 radical (unpaired) electrons. The number of aliphatic carboxylic acids is 1. The lowest BCUT2D eigenvalue weighted by Gasteiger charge is -2.13. The summed E-state index contributed by atoms with van der Waals surface area (Å²) in [5.74, 6) is -1.06. The van der Waals surface area contributed by atoms with Crippen LogP contribution in [0.1, 0.15) is 23.7 Å². The van der Waals surface area contributed by atoms with Gasteiger partial charge in [-0.15, -0.1) is 11.3 Å². The van der Waals surface area contributed by atoms with Crippen molar-refractivity contribution < 1.29 is 19.4 Å². The number of hydrogen-bond acceptors (Lipinski definition) is 6. The highest BCUT2D eigenvalue weighted by Crippen LogP contribution is 2.41. The third kappa shape index (κ3) is 6.09. The number of nitrogens with one attached hydrogen (secondary N) is 1. The van der Waals surface area contributed by atoms with Gasteiger partial charge in [0, 0.05) is 28.9 Å². The molecule has 1 aliphatic heterocycles. The number of carbonyl (C=O) groups is 2. The number of allylic oxidation sites excluding steroid dienone is 2. The average Bonchev–Trinajstić information content (AvgIpc) is 3.33. The summed E-state index contributed by atoms with van der Waals surface area (Å²) < 4.78 is 6.46. The summed E-state index contributed by atoms with van der Waals surface area (Å²) in [6.45, 7) is 4.18. The highest BCUT2D eigenvalue weighted by molar-refractivity contribution is 7.22. The van der Waals surface area contributed by atoms with Crippen LogP contribution in [0.15, 0.2) is 66.9 Å². The summed E-state index contributed by atoms with van der Waals surface area (Å²) in [5.41, 5.74) is 6.69. The number of benzene rings is 2. The Kier molecular flexibility index (Phi) is 7.88. The minimum absolute atomic E-state index is 0.0195. The third-order valence-electron chi connectivity index (χ3n) is 6.42. The minimum atomic E-state index is -0.890. The molecule has 7 nitrogen and oxygen atoms in total. The topological polar surface area (TPSA) is 101 Å². The van der Waals surface area contributed by atoms with Crippen LogP contribution in [0.5, 0.6) is 0 Å². The summed E-state index contributed by atoms with van der Waals surface area (Å²) in [5, 5.41) is 13.9. The first-order chi connectivity index (χ1) is 18.8. The van der Waals surface area contributed by atoms with Crippen LogP contribution in [-0.4, -0.2) is 46.2 Å². The molecule has 1 aliphatic rings. The summed E-state index contributed by atoms with van der Waals surface area (Å²) in [6.07, 6.45) is 7.21. The molecule has 0 bridgehead atoms. The van der Waals surface area contributed by atoms with E-state index in [1.807, 2.05) is 62.4 Å². The van der Waals surface area contributed by atoms with E-state index in [0.717, 1.165) is 54.3 Å². The second-order valence-electron chi connectivity index (χ2n) is 9.26. The predicted octanol–water partition coefficient (Wildman–Crippen LogP) is 6.09. The molecule has 4 aromatic rings. The van der Waals surface area contributed by atoms with Gasteiger partial charge in [-0.2, -0.15) is 0 Å². The van der Waals surface area contributed by atoms with Gasteiger partial charge in [0.05, 0.1) is 28.4 Å². The van der Waals surface area contributed by atoms with Gasteiger partial charge in [-0.25, -0.2) is 4.98 Å². The van der Waals surface area contributed by atoms with Gasteiger partial charge in [-0.3, -0.25) is 14.6 Å². The molecule has 5 rings (SSSR count). The highest BCUT2D eigenvalue weighted by atomic mass is 35.5. The van der Waals surface area contributed by atoms with Crippen LogP contribution < -0.4 is 5.32 Å². The number of carboxylic acid groups (broad SMARTS) is 1. The molecule has 2 aromatic carbocycles. The summed E-state index contributed by atoms with van der Waals surface area (Å²) in [4.78, 5) is 33.2. The van der Waals surface area contributed by atoms with E-state index in [2.05, 4.69) is 10.3 Å². The van der Waals surface area contributed by atoms with E-state index in [1.54, 1.807) is 18.3 Å². The molecule has 1 unspecified atom stereocenters. The maximum absolute atomic E-state index is 11.9. The van der Waals surface area contributed by atoms with Crippen molar-refractivity contribution in [3.05, 3.63) is 88.7 Å². The first-order valence-electron chi connectivity index (χ1n) is 12.4. The van der Waals surface area contributed by atoms with Gasteiger partial charge in [0.1, 0.15) is 11.6 Å². The molecule has 0 saturated carbocycles. The average molecular weight is 560 g/mol. The lowest BCUT2D eigenvalue weighted by molar-refractivity contribution is -0.136. The summed E-state index contributed by atoms with van der Waals surface area (Å²) >= 11 is 7.66. The fraction of sp³-hybridized carbons (Fsp3) is 0.200. The zero-order chi connectivity index (χ0) is 27.5. The molecule has 2 aromatic heterocycles. The molecular weight excluding hydrogens is 534 g/mol. The number of halogens is 1. The largest absolute Gasteiger partial charge is 0.481 e. The maximum atomic E-state index is 11.9. The van der Waals surface area contributed by atoms with Crippen LogP contribution in [-0.2, 0) is 20.7 Å². The number of hydrogen-bond donors (Lipinski definition) is 2. The second-order valence-corrected chi connectivity index (χ2v) is 10.7. The Bertz CT molecular complexity index is 1630. The number of nitrogens with zero attached hydrogens (tertiary/aromatic N) is 2. The summed E-state index contributed by atoms with van der Waals surface area (Å²) in [7, 11) is 0. The Balaban J connectivity index is 1.60. The van der Waals surface area contributed by atoms with E-state index >= 15 is 0 Å². The quantitative estimate of drug-likeness (QED) is 0.307. The smallest absolute Gasteiger partial charge is 0.307 e. The van der Waals surface area contributed by atoms with Crippen molar-refractivity contribution in [3.8, 4) is 21.7 Å². The standard InChI is InChI=1S/C30H26ClN3O4S/c1-17-13-25-29(28(23(17)15-27(36)37)20-5-7-22(31)8-6-20)39-30(34-25)21-10-11-32-24(14-21)19-4-3-18(2)38-16-26(35)33-12-9-19/h3-11,13-14,18H,12,15-16H2,1-2H3,(H,33,35)(H,36,37). The molecule has 1 atom stereocenters. The summed E-state index contributed by atoms with van der Waals surface area (Å²) in [6, 6.07) is 13.3. The van der Waals surface area contributed by atoms with Crippen LogP contribution in [0.25, 0.3) is 37.5 Å². The van der Waals surface area contributed by atoms with Crippen LogP contribution in [0, 0.1) is 6.92 Å². The highest BCUT2D eigenvalue weighted by Gasteiger charge is 2.20. The van der Waals surface area contributed by atoms with Crippen LogP contribution in [0.3, 0.4) is 0 Å². The molecule has 0 saturated heterocycles. The van der Waals surface area contributed by atoms with E-state index in [4.69, 9.17) is 21.3 Å². The first-order valence-corrected chi connectivity index (χ1v) is 13.6. The molecule has 3 heterocycles.